The minimum atomic E-state index is -0.883. The van der Waals surface area contributed by atoms with Crippen molar-refractivity contribution in [2.24, 2.45) is 0 Å². The smallest absolute Gasteiger partial charge is 0.256 e. The number of hydrogen-bond donors (Lipinski definition) is 2. The number of ketones is 1. The third kappa shape index (κ3) is 3.13. The molecule has 1 aromatic heterocycles. The fraction of sp³-hybridized carbons (Fsp3) is 0.667. The van der Waals surface area contributed by atoms with Gasteiger partial charge in [0.15, 0.2) is 5.78 Å². The van der Waals surface area contributed by atoms with Crippen molar-refractivity contribution in [2.45, 2.75) is 44.6 Å². The van der Waals surface area contributed by atoms with Crippen molar-refractivity contribution in [2.75, 3.05) is 33.7 Å². The number of aromatic amines is 1. The van der Waals surface area contributed by atoms with Gasteiger partial charge in [0, 0.05) is 30.9 Å². The van der Waals surface area contributed by atoms with E-state index in [-0.39, 0.29) is 11.7 Å². The van der Waals surface area contributed by atoms with Gasteiger partial charge in [-0.05, 0) is 46.7 Å². The predicted octanol–water partition coefficient (Wildman–Crippen LogP) is 1.37. The number of aliphatic hydroxyl groups is 1. The number of nitrogens with one attached hydrogen (secondary N) is 1. The van der Waals surface area contributed by atoms with E-state index in [4.69, 9.17) is 0 Å². The highest BCUT2D eigenvalue weighted by atomic mass is 16.3. The number of piperidine rings is 1. The highest BCUT2D eigenvalue weighted by molar-refractivity contribution is 6.10. The van der Waals surface area contributed by atoms with E-state index in [1.807, 2.05) is 25.9 Å². The van der Waals surface area contributed by atoms with Gasteiger partial charge < -0.3 is 19.9 Å². The van der Waals surface area contributed by atoms with Crippen LogP contribution in [-0.2, 0) is 6.42 Å². The number of carbonyl (C=O) groups excluding carboxylic acids is 2. The van der Waals surface area contributed by atoms with Gasteiger partial charge in [0.25, 0.3) is 5.91 Å². The Balaban J connectivity index is 1.87. The molecule has 1 unspecified atom stereocenters. The van der Waals surface area contributed by atoms with Crippen LogP contribution in [0.3, 0.4) is 0 Å². The van der Waals surface area contributed by atoms with Crippen LogP contribution in [-0.4, -0.2) is 70.9 Å². The summed E-state index contributed by atoms with van der Waals surface area (Å²) < 4.78 is 0. The molecule has 2 aliphatic rings. The lowest BCUT2D eigenvalue weighted by Gasteiger charge is -2.40. The molecule has 0 aromatic carbocycles. The molecule has 1 fully saturated rings. The molecule has 1 aromatic rings. The van der Waals surface area contributed by atoms with E-state index in [2.05, 4.69) is 4.98 Å². The maximum absolute atomic E-state index is 13.1. The number of hydrogen-bond acceptors (Lipinski definition) is 4. The molecule has 1 atom stereocenters. The second-order valence-corrected chi connectivity index (χ2v) is 7.55. The molecule has 1 amide bonds. The fourth-order valence-electron chi connectivity index (χ4n) is 4.16. The summed E-state index contributed by atoms with van der Waals surface area (Å²) in [5, 5.41) is 10.8. The summed E-state index contributed by atoms with van der Waals surface area (Å²) in [5.74, 6) is -0.0679. The maximum Gasteiger partial charge on any atom is 0.256 e. The topological polar surface area (TPSA) is 76.6 Å². The standard InChI is InChI=1S/C18H27N3O3/c1-12-15(16-13(19-12)6-4-7-14(16)22)17(23)21-9-5-8-18(24,11-21)10-20(2)3/h19,24H,4-11H2,1-3H3. The second-order valence-electron chi connectivity index (χ2n) is 7.55. The van der Waals surface area contributed by atoms with E-state index >= 15 is 0 Å². The van der Waals surface area contributed by atoms with Crippen molar-refractivity contribution in [1.82, 2.24) is 14.8 Å². The van der Waals surface area contributed by atoms with Gasteiger partial charge in [-0.25, -0.2) is 0 Å². The van der Waals surface area contributed by atoms with Gasteiger partial charge in [-0.1, -0.05) is 0 Å². The van der Waals surface area contributed by atoms with Gasteiger partial charge in [0.2, 0.25) is 0 Å². The summed E-state index contributed by atoms with van der Waals surface area (Å²) >= 11 is 0. The van der Waals surface area contributed by atoms with Crippen molar-refractivity contribution in [3.05, 3.63) is 22.5 Å². The third-order valence-electron chi connectivity index (χ3n) is 5.04. The van der Waals surface area contributed by atoms with E-state index in [9.17, 15) is 14.7 Å². The molecule has 0 bridgehead atoms. The number of rotatable bonds is 3. The van der Waals surface area contributed by atoms with Crippen LogP contribution in [0.4, 0.5) is 0 Å². The number of Topliss-reactive ketones (excluding diaryl/α,β-unsaturated/α-hetero) is 1. The molecule has 132 valence electrons. The molecule has 24 heavy (non-hydrogen) atoms. The number of nitrogens with zero attached hydrogens (tertiary/aromatic N) is 2. The number of likely N-dealkylation sites (N-methyl/N-ethyl adjacent to an activating group) is 1. The lowest BCUT2D eigenvalue weighted by Crippen LogP contribution is -2.54. The summed E-state index contributed by atoms with van der Waals surface area (Å²) in [4.78, 5) is 32.3. The van der Waals surface area contributed by atoms with Crippen molar-refractivity contribution >= 4 is 11.7 Å². The lowest BCUT2D eigenvalue weighted by molar-refractivity contribution is -0.0391. The monoisotopic (exact) mass is 333 g/mol. The fourth-order valence-corrected chi connectivity index (χ4v) is 4.16. The maximum atomic E-state index is 13.1. The molecule has 2 heterocycles. The predicted molar refractivity (Wildman–Crippen MR) is 91.4 cm³/mol. The zero-order valence-corrected chi connectivity index (χ0v) is 14.8. The summed E-state index contributed by atoms with van der Waals surface area (Å²) in [6.07, 6.45) is 3.63. The molecule has 0 saturated carbocycles. The Kier molecular flexibility index (Phi) is 4.53. The number of H-pyrrole nitrogens is 1. The van der Waals surface area contributed by atoms with Crippen LogP contribution in [0.5, 0.6) is 0 Å². The summed E-state index contributed by atoms with van der Waals surface area (Å²) in [7, 11) is 3.84. The molecule has 0 radical (unpaired) electrons. The highest BCUT2D eigenvalue weighted by Gasteiger charge is 2.38. The average molecular weight is 333 g/mol. The Labute approximate surface area is 142 Å². The van der Waals surface area contributed by atoms with E-state index in [0.29, 0.717) is 43.6 Å². The van der Waals surface area contributed by atoms with E-state index in [1.165, 1.54) is 0 Å². The SMILES string of the molecule is Cc1[nH]c2c(c1C(=O)N1CCCC(O)(CN(C)C)C1)C(=O)CCC2. The number of amides is 1. The zero-order chi connectivity index (χ0) is 17.5. The van der Waals surface area contributed by atoms with Crippen LogP contribution in [0, 0.1) is 6.92 Å². The molecule has 6 nitrogen and oxygen atoms in total. The van der Waals surface area contributed by atoms with Gasteiger partial charge in [-0.3, -0.25) is 9.59 Å². The number of carbonyl (C=O) groups is 2. The minimum Gasteiger partial charge on any atom is -0.387 e. The Hall–Kier alpha value is -1.66. The summed E-state index contributed by atoms with van der Waals surface area (Å²) in [6.45, 7) is 3.33. The van der Waals surface area contributed by atoms with E-state index in [0.717, 1.165) is 30.7 Å². The molecule has 6 heteroatoms. The molecule has 1 aliphatic heterocycles. The first-order valence-electron chi connectivity index (χ1n) is 8.72. The van der Waals surface area contributed by atoms with Crippen molar-refractivity contribution in [3.63, 3.8) is 0 Å². The molecule has 1 aliphatic carbocycles. The third-order valence-corrected chi connectivity index (χ3v) is 5.04. The van der Waals surface area contributed by atoms with Crippen molar-refractivity contribution in [3.8, 4) is 0 Å². The van der Waals surface area contributed by atoms with Crippen LogP contribution in [0.1, 0.15) is 57.8 Å². The number of fused-ring (bicyclic) bond motifs is 1. The van der Waals surface area contributed by atoms with Crippen LogP contribution >= 0.6 is 0 Å². The lowest BCUT2D eigenvalue weighted by atomic mass is 9.90. The molecular formula is C18H27N3O3. The van der Waals surface area contributed by atoms with Gasteiger partial charge in [0.1, 0.15) is 0 Å². The molecule has 0 spiro atoms. The van der Waals surface area contributed by atoms with Gasteiger partial charge in [0.05, 0.1) is 23.3 Å². The quantitative estimate of drug-likeness (QED) is 0.876. The number of likely N-dealkylation sites (tertiary alicyclic amines) is 1. The van der Waals surface area contributed by atoms with Crippen molar-refractivity contribution < 1.29 is 14.7 Å². The van der Waals surface area contributed by atoms with Gasteiger partial charge in [-0.15, -0.1) is 0 Å². The summed E-state index contributed by atoms with van der Waals surface area (Å²) in [5.41, 5.74) is 1.88. The zero-order valence-electron chi connectivity index (χ0n) is 14.8. The highest BCUT2D eigenvalue weighted by Crippen LogP contribution is 2.30. The minimum absolute atomic E-state index is 0.0597. The Bertz CT molecular complexity index is 665. The number of β-amino-alcohol motifs (C(OH)–C–C–N with tert-alkyl or cyclic N) is 1. The first-order valence-corrected chi connectivity index (χ1v) is 8.72. The van der Waals surface area contributed by atoms with Gasteiger partial charge >= 0.3 is 0 Å². The Morgan fingerprint density at radius 2 is 2.08 bits per heavy atom. The number of aromatic nitrogens is 1. The second kappa shape index (κ2) is 6.33. The van der Waals surface area contributed by atoms with Gasteiger partial charge in [-0.2, -0.15) is 0 Å². The Morgan fingerprint density at radius 1 is 1.33 bits per heavy atom. The first kappa shape index (κ1) is 17.2. The largest absolute Gasteiger partial charge is 0.387 e. The van der Waals surface area contributed by atoms with Crippen LogP contribution in [0.15, 0.2) is 0 Å². The van der Waals surface area contributed by atoms with E-state index in [1.54, 1.807) is 4.90 Å². The van der Waals surface area contributed by atoms with E-state index < -0.39 is 5.60 Å². The molecule has 3 rings (SSSR count). The normalized spacial score (nSPS) is 24.4. The molecule has 2 N–H and O–H groups in total. The molecule has 1 saturated heterocycles. The number of aryl methyl sites for hydroxylation is 2. The van der Waals surface area contributed by atoms with Crippen LogP contribution < -0.4 is 0 Å². The first-order chi connectivity index (χ1) is 11.3. The van der Waals surface area contributed by atoms with Crippen molar-refractivity contribution in [1.29, 1.82) is 0 Å². The average Bonchev–Trinajstić information content (AvgIpc) is 2.82. The van der Waals surface area contributed by atoms with Crippen LogP contribution in [0.2, 0.25) is 0 Å². The molecular weight excluding hydrogens is 306 g/mol. The Morgan fingerprint density at radius 3 is 2.79 bits per heavy atom. The van der Waals surface area contributed by atoms with Crippen LogP contribution in [0.25, 0.3) is 0 Å². The summed E-state index contributed by atoms with van der Waals surface area (Å²) in [6, 6.07) is 0.